The summed E-state index contributed by atoms with van der Waals surface area (Å²) >= 11 is 3.52. The zero-order chi connectivity index (χ0) is 23.8. The minimum absolute atomic E-state index is 0.0644. The molecule has 0 heterocycles. The summed E-state index contributed by atoms with van der Waals surface area (Å²) in [5, 5.41) is 2.94. The topological polar surface area (TPSA) is 49.4 Å². The molecule has 0 aromatic heterocycles. The number of rotatable bonds is 9. The van der Waals surface area contributed by atoms with Crippen molar-refractivity contribution in [3.8, 4) is 0 Å². The van der Waals surface area contributed by atoms with E-state index in [-0.39, 0.29) is 18.2 Å². The summed E-state index contributed by atoms with van der Waals surface area (Å²) in [7, 11) is 0. The Labute approximate surface area is 205 Å². The van der Waals surface area contributed by atoms with Crippen LogP contribution < -0.4 is 5.32 Å². The van der Waals surface area contributed by atoms with Crippen molar-refractivity contribution in [2.24, 2.45) is 0 Å². The number of nitrogens with one attached hydrogen (secondary N) is 1. The van der Waals surface area contributed by atoms with Crippen molar-refractivity contribution in [3.63, 3.8) is 0 Å². The number of hydrogen-bond donors (Lipinski definition) is 1. The molecule has 0 bridgehead atoms. The first-order valence-electron chi connectivity index (χ1n) is 11.3. The second-order valence-corrected chi connectivity index (χ2v) is 9.26. The first kappa shape index (κ1) is 24.7. The molecular weight excluding hydrogens is 476 g/mol. The number of aryl methyl sites for hydroxylation is 2. The van der Waals surface area contributed by atoms with E-state index in [2.05, 4.69) is 41.2 Å². The van der Waals surface area contributed by atoms with Crippen LogP contribution in [0.15, 0.2) is 77.3 Å². The van der Waals surface area contributed by atoms with E-state index >= 15 is 0 Å². The van der Waals surface area contributed by atoms with Crippen molar-refractivity contribution >= 4 is 27.7 Å². The molecule has 1 N–H and O–H groups in total. The standard InChI is InChI=1S/C28H31BrN2O2/c1-4-30-28(33)26(17-22-9-6-5-7-10-22)31(19-24-11-8-12-25(29)16-24)27(32)18-23-14-13-20(2)21(3)15-23/h5-16,26H,4,17-19H2,1-3H3,(H,30,33)/t26-/m1/s1. The molecule has 1 atom stereocenters. The number of nitrogens with zero attached hydrogens (tertiary/aromatic N) is 1. The number of carbonyl (C=O) groups excluding carboxylic acids is 2. The van der Waals surface area contributed by atoms with Crippen LogP contribution in [-0.2, 0) is 29.0 Å². The Morgan fingerprint density at radius 2 is 1.61 bits per heavy atom. The fourth-order valence-corrected chi connectivity index (χ4v) is 4.31. The molecule has 2 amide bonds. The Kier molecular flexibility index (Phi) is 8.84. The maximum Gasteiger partial charge on any atom is 0.243 e. The summed E-state index contributed by atoms with van der Waals surface area (Å²) in [6.07, 6.45) is 0.708. The third-order valence-corrected chi connectivity index (χ3v) is 6.28. The predicted octanol–water partition coefficient (Wildman–Crippen LogP) is 5.38. The van der Waals surface area contributed by atoms with Crippen molar-refractivity contribution in [1.29, 1.82) is 0 Å². The van der Waals surface area contributed by atoms with E-state index in [0.29, 0.717) is 19.5 Å². The molecule has 0 radical (unpaired) electrons. The lowest BCUT2D eigenvalue weighted by atomic mass is 10.00. The highest BCUT2D eigenvalue weighted by Gasteiger charge is 2.30. The van der Waals surface area contributed by atoms with Gasteiger partial charge in [-0.05, 0) is 60.7 Å². The summed E-state index contributed by atoms with van der Waals surface area (Å²) < 4.78 is 0.944. The Bertz CT molecular complexity index is 1100. The number of benzene rings is 3. The van der Waals surface area contributed by atoms with Gasteiger partial charge in [-0.2, -0.15) is 0 Å². The first-order chi connectivity index (χ1) is 15.9. The monoisotopic (exact) mass is 506 g/mol. The van der Waals surface area contributed by atoms with E-state index in [1.54, 1.807) is 4.90 Å². The average Bonchev–Trinajstić information content (AvgIpc) is 2.79. The molecule has 3 aromatic rings. The summed E-state index contributed by atoms with van der Waals surface area (Å²) in [6.45, 7) is 6.88. The highest BCUT2D eigenvalue weighted by molar-refractivity contribution is 9.10. The Morgan fingerprint density at radius 1 is 0.879 bits per heavy atom. The van der Waals surface area contributed by atoms with Gasteiger partial charge in [0.15, 0.2) is 0 Å². The number of halogens is 1. The summed E-state index contributed by atoms with van der Waals surface area (Å²) in [4.78, 5) is 28.6. The van der Waals surface area contributed by atoms with Crippen LogP contribution in [-0.4, -0.2) is 29.3 Å². The lowest BCUT2D eigenvalue weighted by Crippen LogP contribution is -2.50. The molecule has 172 valence electrons. The first-order valence-corrected chi connectivity index (χ1v) is 12.1. The Hall–Kier alpha value is -2.92. The van der Waals surface area contributed by atoms with E-state index in [0.717, 1.165) is 26.7 Å². The summed E-state index contributed by atoms with van der Waals surface area (Å²) in [5.74, 6) is -0.199. The highest BCUT2D eigenvalue weighted by atomic mass is 79.9. The van der Waals surface area contributed by atoms with Gasteiger partial charge < -0.3 is 10.2 Å². The van der Waals surface area contributed by atoms with Gasteiger partial charge in [0.05, 0.1) is 6.42 Å². The number of hydrogen-bond acceptors (Lipinski definition) is 2. The second-order valence-electron chi connectivity index (χ2n) is 8.35. The highest BCUT2D eigenvalue weighted by Crippen LogP contribution is 2.19. The van der Waals surface area contributed by atoms with Crippen LogP contribution >= 0.6 is 15.9 Å². The number of carbonyl (C=O) groups is 2. The lowest BCUT2D eigenvalue weighted by molar-refractivity contribution is -0.140. The molecule has 0 unspecified atom stereocenters. The van der Waals surface area contributed by atoms with Gasteiger partial charge in [0.2, 0.25) is 11.8 Å². The molecule has 0 aliphatic rings. The Balaban J connectivity index is 1.96. The molecule has 3 aromatic carbocycles. The quantitative estimate of drug-likeness (QED) is 0.423. The molecule has 0 aliphatic carbocycles. The fourth-order valence-electron chi connectivity index (χ4n) is 3.87. The van der Waals surface area contributed by atoms with Gasteiger partial charge in [-0.3, -0.25) is 9.59 Å². The zero-order valence-electron chi connectivity index (χ0n) is 19.5. The number of likely N-dealkylation sites (N-methyl/N-ethyl adjacent to an activating group) is 1. The van der Waals surface area contributed by atoms with E-state index < -0.39 is 6.04 Å². The van der Waals surface area contributed by atoms with Crippen LogP contribution in [0.5, 0.6) is 0 Å². The molecule has 5 heteroatoms. The van der Waals surface area contributed by atoms with Crippen molar-refractivity contribution in [2.45, 2.75) is 46.2 Å². The third kappa shape index (κ3) is 7.03. The molecule has 0 saturated carbocycles. The van der Waals surface area contributed by atoms with E-state index in [9.17, 15) is 9.59 Å². The smallest absolute Gasteiger partial charge is 0.243 e. The van der Waals surface area contributed by atoms with Gasteiger partial charge in [-0.1, -0.05) is 76.6 Å². The maximum atomic E-state index is 13.7. The van der Waals surface area contributed by atoms with Gasteiger partial charge in [0.25, 0.3) is 0 Å². The molecular formula is C28H31BrN2O2. The minimum Gasteiger partial charge on any atom is -0.355 e. The molecule has 0 fully saturated rings. The van der Waals surface area contributed by atoms with Gasteiger partial charge in [0.1, 0.15) is 6.04 Å². The summed E-state index contributed by atoms with van der Waals surface area (Å²) in [6, 6.07) is 23.2. The second kappa shape index (κ2) is 11.8. The largest absolute Gasteiger partial charge is 0.355 e. The van der Waals surface area contributed by atoms with Crippen LogP contribution in [0.2, 0.25) is 0 Å². The van der Waals surface area contributed by atoms with Crippen molar-refractivity contribution in [1.82, 2.24) is 10.2 Å². The Morgan fingerprint density at radius 3 is 2.27 bits per heavy atom. The maximum absolute atomic E-state index is 13.7. The van der Waals surface area contributed by atoms with Crippen LogP contribution in [0.3, 0.4) is 0 Å². The SMILES string of the molecule is CCNC(=O)[C@@H](Cc1ccccc1)N(Cc1cccc(Br)c1)C(=O)Cc1ccc(C)c(C)c1. The van der Waals surface area contributed by atoms with Gasteiger partial charge in [-0.15, -0.1) is 0 Å². The van der Waals surface area contributed by atoms with Crippen molar-refractivity contribution < 1.29 is 9.59 Å². The zero-order valence-corrected chi connectivity index (χ0v) is 21.1. The fraction of sp³-hybridized carbons (Fsp3) is 0.286. The molecule has 33 heavy (non-hydrogen) atoms. The molecule has 0 saturated heterocycles. The van der Waals surface area contributed by atoms with Crippen molar-refractivity contribution in [3.05, 3.63) is 105 Å². The van der Waals surface area contributed by atoms with E-state index in [4.69, 9.17) is 0 Å². The van der Waals surface area contributed by atoms with Crippen LogP contribution in [0.4, 0.5) is 0 Å². The van der Waals surface area contributed by atoms with Gasteiger partial charge in [0, 0.05) is 24.0 Å². The predicted molar refractivity (Wildman–Crippen MR) is 137 cm³/mol. The normalized spacial score (nSPS) is 11.6. The van der Waals surface area contributed by atoms with Crippen LogP contribution in [0.25, 0.3) is 0 Å². The summed E-state index contributed by atoms with van der Waals surface area (Å²) in [5.41, 5.74) is 5.30. The molecule has 3 rings (SSSR count). The van der Waals surface area contributed by atoms with E-state index in [1.165, 1.54) is 5.56 Å². The van der Waals surface area contributed by atoms with Crippen molar-refractivity contribution in [2.75, 3.05) is 6.54 Å². The molecule has 0 spiro atoms. The number of amides is 2. The van der Waals surface area contributed by atoms with Crippen LogP contribution in [0, 0.1) is 13.8 Å². The average molecular weight is 507 g/mol. The third-order valence-electron chi connectivity index (χ3n) is 5.79. The van der Waals surface area contributed by atoms with Crippen LogP contribution in [0.1, 0.15) is 34.7 Å². The van der Waals surface area contributed by atoms with E-state index in [1.807, 2.05) is 73.7 Å². The molecule has 4 nitrogen and oxygen atoms in total. The van der Waals surface area contributed by atoms with Gasteiger partial charge >= 0.3 is 0 Å². The molecule has 0 aliphatic heterocycles. The van der Waals surface area contributed by atoms with Gasteiger partial charge in [-0.25, -0.2) is 0 Å². The minimum atomic E-state index is -0.606. The lowest BCUT2D eigenvalue weighted by Gasteiger charge is -2.31.